The van der Waals surface area contributed by atoms with Crippen molar-refractivity contribution in [2.24, 2.45) is 5.92 Å². The van der Waals surface area contributed by atoms with Crippen molar-refractivity contribution >= 4 is 11.0 Å². The lowest BCUT2D eigenvalue weighted by atomic mass is 9.83. The van der Waals surface area contributed by atoms with Crippen LogP contribution < -0.4 is 10.4 Å². The summed E-state index contributed by atoms with van der Waals surface area (Å²) >= 11 is 0. The van der Waals surface area contributed by atoms with E-state index >= 15 is 0 Å². The summed E-state index contributed by atoms with van der Waals surface area (Å²) in [5.41, 5.74) is 1.94. The van der Waals surface area contributed by atoms with Gasteiger partial charge in [-0.3, -0.25) is 4.90 Å². The maximum absolute atomic E-state index is 13.1. The Balaban J connectivity index is 1.44. The van der Waals surface area contributed by atoms with Crippen molar-refractivity contribution in [1.29, 1.82) is 0 Å². The second kappa shape index (κ2) is 11.7. The van der Waals surface area contributed by atoms with Gasteiger partial charge in [0, 0.05) is 38.2 Å². The number of piperidine rings is 2. The van der Waals surface area contributed by atoms with Crippen LogP contribution in [-0.2, 0) is 11.3 Å². The standard InChI is InChI=1S/C30H38N2O5/c1-35-17-16-31(19-23-6-5-15-32-14-4-3-7-27(23)32)20-26-28(33)13-10-22-18-25(30(34)37-29(22)26)21-8-11-24(36-2)12-9-21/h8-13,18,23,27,33H,3-7,14-17,19-20H2,1-2H3/t23-,27+/m0/s1. The molecule has 7 nitrogen and oxygen atoms in total. The van der Waals surface area contributed by atoms with Crippen molar-refractivity contribution in [3.8, 4) is 22.6 Å². The molecule has 2 fully saturated rings. The van der Waals surface area contributed by atoms with Crippen molar-refractivity contribution < 1.29 is 19.0 Å². The molecule has 0 radical (unpaired) electrons. The van der Waals surface area contributed by atoms with Crippen LogP contribution in [0.1, 0.15) is 37.7 Å². The molecule has 7 heteroatoms. The molecule has 1 N–H and O–H groups in total. The normalized spacial score (nSPS) is 20.3. The van der Waals surface area contributed by atoms with Crippen LogP contribution in [0.5, 0.6) is 11.5 Å². The highest BCUT2D eigenvalue weighted by Gasteiger charge is 2.34. The topological polar surface area (TPSA) is 75.4 Å². The minimum atomic E-state index is -0.418. The summed E-state index contributed by atoms with van der Waals surface area (Å²) < 4.78 is 16.5. The number of fused-ring (bicyclic) bond motifs is 2. The second-order valence-electron chi connectivity index (χ2n) is 10.4. The van der Waals surface area contributed by atoms with Gasteiger partial charge in [-0.05, 0) is 80.6 Å². The van der Waals surface area contributed by atoms with E-state index in [1.165, 1.54) is 45.2 Å². The van der Waals surface area contributed by atoms with E-state index in [2.05, 4.69) is 9.80 Å². The van der Waals surface area contributed by atoms with Crippen LogP contribution in [0.15, 0.2) is 51.7 Å². The highest BCUT2D eigenvalue weighted by molar-refractivity contribution is 5.85. The highest BCUT2D eigenvalue weighted by Crippen LogP contribution is 2.34. The summed E-state index contributed by atoms with van der Waals surface area (Å²) in [6.07, 6.45) is 6.35. The number of ether oxygens (including phenoxy) is 2. The van der Waals surface area contributed by atoms with Crippen molar-refractivity contribution in [1.82, 2.24) is 9.80 Å². The molecule has 0 amide bonds. The van der Waals surface area contributed by atoms with Gasteiger partial charge in [-0.2, -0.15) is 0 Å². The number of hydrogen-bond acceptors (Lipinski definition) is 7. The van der Waals surface area contributed by atoms with E-state index in [0.717, 1.165) is 29.8 Å². The minimum absolute atomic E-state index is 0.151. The lowest BCUT2D eigenvalue weighted by Gasteiger charge is -2.45. The Bertz CT molecular complexity index is 1250. The summed E-state index contributed by atoms with van der Waals surface area (Å²) in [6, 6.07) is 13.4. The van der Waals surface area contributed by atoms with Gasteiger partial charge in [0.25, 0.3) is 0 Å². The van der Waals surface area contributed by atoms with E-state index in [0.29, 0.717) is 41.8 Å². The number of rotatable bonds is 9. The quantitative estimate of drug-likeness (QED) is 0.414. The summed E-state index contributed by atoms with van der Waals surface area (Å²) in [4.78, 5) is 18.1. The fourth-order valence-corrected chi connectivity index (χ4v) is 6.16. The summed E-state index contributed by atoms with van der Waals surface area (Å²) in [5.74, 6) is 1.47. The van der Waals surface area contributed by atoms with Crippen molar-refractivity contribution in [2.45, 2.75) is 44.7 Å². The molecule has 0 unspecified atom stereocenters. The van der Waals surface area contributed by atoms with Crippen LogP contribution in [0, 0.1) is 5.92 Å². The third-order valence-corrected chi connectivity index (χ3v) is 8.10. The van der Waals surface area contributed by atoms with E-state index in [-0.39, 0.29) is 5.75 Å². The van der Waals surface area contributed by atoms with Gasteiger partial charge in [0.05, 0.1) is 24.8 Å². The van der Waals surface area contributed by atoms with E-state index in [1.54, 1.807) is 20.3 Å². The molecule has 0 aliphatic carbocycles. The van der Waals surface area contributed by atoms with Gasteiger partial charge in [-0.15, -0.1) is 0 Å². The van der Waals surface area contributed by atoms with Crippen molar-refractivity contribution in [2.75, 3.05) is 47.0 Å². The zero-order valence-corrected chi connectivity index (χ0v) is 21.9. The third kappa shape index (κ3) is 5.69. The average molecular weight is 507 g/mol. The van der Waals surface area contributed by atoms with Gasteiger partial charge >= 0.3 is 5.63 Å². The summed E-state index contributed by atoms with van der Waals surface area (Å²) in [7, 11) is 3.33. The van der Waals surface area contributed by atoms with Crippen LogP contribution in [0.25, 0.3) is 22.1 Å². The maximum Gasteiger partial charge on any atom is 0.344 e. The number of phenols is 1. The van der Waals surface area contributed by atoms with E-state index < -0.39 is 5.63 Å². The second-order valence-corrected chi connectivity index (χ2v) is 10.4. The van der Waals surface area contributed by atoms with Crippen LogP contribution in [0.4, 0.5) is 0 Å². The highest BCUT2D eigenvalue weighted by atomic mass is 16.5. The number of phenolic OH excluding ortho intramolecular Hbond substituents is 1. The molecule has 0 bridgehead atoms. The zero-order valence-electron chi connectivity index (χ0n) is 21.9. The monoisotopic (exact) mass is 506 g/mol. The van der Waals surface area contributed by atoms with Gasteiger partial charge in [-0.25, -0.2) is 4.79 Å². The zero-order chi connectivity index (χ0) is 25.8. The Labute approximate surface area is 218 Å². The lowest BCUT2D eigenvalue weighted by molar-refractivity contribution is 0.0335. The third-order valence-electron chi connectivity index (χ3n) is 8.10. The van der Waals surface area contributed by atoms with Gasteiger partial charge in [-0.1, -0.05) is 18.6 Å². The number of nitrogens with zero attached hydrogens (tertiary/aromatic N) is 2. The molecular formula is C30H38N2O5. The number of hydrogen-bond donors (Lipinski definition) is 1. The largest absolute Gasteiger partial charge is 0.507 e. The fraction of sp³-hybridized carbons (Fsp3) is 0.500. The average Bonchev–Trinajstić information content (AvgIpc) is 2.93. The molecule has 198 valence electrons. The van der Waals surface area contributed by atoms with Crippen LogP contribution in [0.3, 0.4) is 0 Å². The van der Waals surface area contributed by atoms with Gasteiger partial charge in [0.1, 0.15) is 17.1 Å². The Morgan fingerprint density at radius 1 is 1.05 bits per heavy atom. The number of aromatic hydroxyl groups is 1. The smallest absolute Gasteiger partial charge is 0.344 e. The first-order valence-electron chi connectivity index (χ1n) is 13.5. The Kier molecular flexibility index (Phi) is 8.13. The molecule has 2 aliphatic rings. The summed E-state index contributed by atoms with van der Waals surface area (Å²) in [5, 5.41) is 11.7. The molecule has 3 aromatic rings. The van der Waals surface area contributed by atoms with Crippen molar-refractivity contribution in [3.05, 3.63) is 58.4 Å². The van der Waals surface area contributed by atoms with E-state index in [1.807, 2.05) is 36.4 Å². The van der Waals surface area contributed by atoms with Crippen molar-refractivity contribution in [3.63, 3.8) is 0 Å². The van der Waals surface area contributed by atoms with E-state index in [9.17, 15) is 9.90 Å². The molecule has 1 aromatic heterocycles. The van der Waals surface area contributed by atoms with Crippen LogP contribution in [0.2, 0.25) is 0 Å². The number of methoxy groups -OCH3 is 2. The first-order chi connectivity index (χ1) is 18.1. The maximum atomic E-state index is 13.1. The molecule has 2 aromatic carbocycles. The first kappa shape index (κ1) is 25.8. The molecular weight excluding hydrogens is 468 g/mol. The van der Waals surface area contributed by atoms with E-state index in [4.69, 9.17) is 13.9 Å². The lowest BCUT2D eigenvalue weighted by Crippen LogP contribution is -2.51. The SMILES string of the molecule is COCCN(Cc1c(O)ccc2cc(-c3ccc(OC)cc3)c(=O)oc12)C[C@@H]1CCCN2CCCC[C@H]12. The molecule has 0 saturated carbocycles. The minimum Gasteiger partial charge on any atom is -0.507 e. The Morgan fingerprint density at radius 3 is 2.65 bits per heavy atom. The number of benzene rings is 2. The molecule has 0 spiro atoms. The first-order valence-corrected chi connectivity index (χ1v) is 13.5. The molecule has 5 rings (SSSR count). The molecule has 3 heterocycles. The molecule has 2 atom stereocenters. The van der Waals surface area contributed by atoms with Crippen LogP contribution >= 0.6 is 0 Å². The molecule has 2 aliphatic heterocycles. The Hall–Kier alpha value is -2.87. The summed E-state index contributed by atoms with van der Waals surface area (Å²) in [6.45, 7) is 5.23. The van der Waals surface area contributed by atoms with Gasteiger partial charge in [0.15, 0.2) is 0 Å². The van der Waals surface area contributed by atoms with Gasteiger partial charge < -0.3 is 23.9 Å². The predicted octanol–water partition coefficient (Wildman–Crippen LogP) is 4.89. The van der Waals surface area contributed by atoms with Crippen LogP contribution in [-0.4, -0.2) is 68.0 Å². The predicted molar refractivity (Wildman–Crippen MR) is 145 cm³/mol. The van der Waals surface area contributed by atoms with Gasteiger partial charge in [0.2, 0.25) is 0 Å². The molecule has 37 heavy (non-hydrogen) atoms. The molecule has 2 saturated heterocycles. The fourth-order valence-electron chi connectivity index (χ4n) is 6.16. The Morgan fingerprint density at radius 2 is 1.86 bits per heavy atom.